The van der Waals surface area contributed by atoms with Crippen molar-refractivity contribution in [3.63, 3.8) is 0 Å². The first-order valence-electron chi connectivity index (χ1n) is 5.56. The molecule has 2 aliphatic rings. The van der Waals surface area contributed by atoms with Gasteiger partial charge in [0, 0.05) is 12.0 Å². The molecule has 20 heavy (non-hydrogen) atoms. The number of carbonyl (C=O) groups is 1. The Labute approximate surface area is 170 Å². The topological polar surface area (TPSA) is 46.5 Å². The highest BCUT2D eigenvalue weighted by atomic mass is 127. The summed E-state index contributed by atoms with van der Waals surface area (Å²) in [5.74, 6) is 1.72. The molecule has 0 bridgehead atoms. The molecule has 1 aliphatic carbocycles. The van der Waals surface area contributed by atoms with Gasteiger partial charge in [-0.15, -0.1) is 0 Å². The molecule has 1 atom stereocenters. The number of ether oxygens (including phenoxy) is 1. The second-order valence-corrected chi connectivity index (χ2v) is 9.05. The quantitative estimate of drug-likeness (QED) is 0.318. The smallest absolute Gasteiger partial charge is 0.189 e. The van der Waals surface area contributed by atoms with E-state index in [1.54, 1.807) is 0 Å². The van der Waals surface area contributed by atoms with E-state index < -0.39 is 0 Å². The van der Waals surface area contributed by atoms with Gasteiger partial charge in [-0.2, -0.15) is 0 Å². The minimum absolute atomic E-state index is 0.0816. The number of benzene rings is 1. The van der Waals surface area contributed by atoms with E-state index in [1.165, 1.54) is 0 Å². The van der Waals surface area contributed by atoms with Gasteiger partial charge in [0.05, 0.1) is 10.7 Å². The minimum atomic E-state index is -0.287. The van der Waals surface area contributed by atoms with Crippen LogP contribution in [0.4, 0.5) is 0 Å². The number of allylic oxidation sites excluding steroid dienone is 4. The van der Waals surface area contributed by atoms with E-state index in [0.29, 0.717) is 15.1 Å². The first-order chi connectivity index (χ1) is 9.40. The molecule has 1 N–H and O–H groups in total. The summed E-state index contributed by atoms with van der Waals surface area (Å²) in [5, 5.41) is 10.0. The van der Waals surface area contributed by atoms with Crippen LogP contribution in [0.1, 0.15) is 5.56 Å². The van der Waals surface area contributed by atoms with E-state index in [0.717, 1.165) is 24.7 Å². The maximum atomic E-state index is 12.0. The van der Waals surface area contributed by atoms with Crippen molar-refractivity contribution < 1.29 is 14.6 Å². The van der Waals surface area contributed by atoms with E-state index in [1.807, 2.05) is 12.1 Å². The van der Waals surface area contributed by atoms with Gasteiger partial charge < -0.3 is 9.84 Å². The summed E-state index contributed by atoms with van der Waals surface area (Å²) in [7, 11) is 0. The Kier molecular flexibility index (Phi) is 4.60. The molecule has 3 nitrogen and oxygen atoms in total. The number of alkyl halides is 1. The van der Waals surface area contributed by atoms with Gasteiger partial charge in [0.25, 0.3) is 0 Å². The fourth-order valence-corrected chi connectivity index (χ4v) is 6.21. The monoisotopic (exact) mass is 718 g/mol. The van der Waals surface area contributed by atoms with Crippen molar-refractivity contribution in [3.05, 3.63) is 39.8 Å². The summed E-state index contributed by atoms with van der Waals surface area (Å²) in [4.78, 5) is 12.0. The Balaban J connectivity index is 2.14. The van der Waals surface area contributed by atoms with Gasteiger partial charge in [-0.1, -0.05) is 22.6 Å². The summed E-state index contributed by atoms with van der Waals surface area (Å²) in [6, 6.07) is 1.94. The van der Waals surface area contributed by atoms with Crippen LogP contribution in [-0.2, 0) is 11.2 Å². The van der Waals surface area contributed by atoms with Crippen LogP contribution >= 0.6 is 90.4 Å². The van der Waals surface area contributed by atoms with Crippen LogP contribution in [0.15, 0.2) is 27.1 Å². The van der Waals surface area contributed by atoms with Crippen molar-refractivity contribution in [2.75, 3.05) is 0 Å². The Bertz CT molecular complexity index is 706. The Morgan fingerprint density at radius 1 is 1.30 bits per heavy atom. The summed E-state index contributed by atoms with van der Waals surface area (Å²) >= 11 is 8.40. The molecular weight excluding hydrogens is 712 g/mol. The fraction of sp³-hybridized carbons (Fsp3) is 0.154. The van der Waals surface area contributed by atoms with Gasteiger partial charge >= 0.3 is 0 Å². The molecule has 0 saturated carbocycles. The van der Waals surface area contributed by atoms with Gasteiger partial charge in [0.2, 0.25) is 0 Å². The number of hydrogen-bond acceptors (Lipinski definition) is 3. The number of halogens is 4. The molecule has 0 spiro atoms. The number of Topliss-reactive ketones (excluding diaryl/α,β-unsaturated/α-hetero) is 1. The van der Waals surface area contributed by atoms with Crippen LogP contribution < -0.4 is 4.74 Å². The molecule has 0 fully saturated rings. The Morgan fingerprint density at radius 3 is 2.70 bits per heavy atom. The predicted molar refractivity (Wildman–Crippen MR) is 110 cm³/mol. The number of aromatic hydroxyl groups is 1. The van der Waals surface area contributed by atoms with Crippen LogP contribution in [0.2, 0.25) is 0 Å². The van der Waals surface area contributed by atoms with Crippen molar-refractivity contribution in [1.82, 2.24) is 0 Å². The van der Waals surface area contributed by atoms with Gasteiger partial charge in [-0.25, -0.2) is 0 Å². The first kappa shape index (κ1) is 15.8. The van der Waals surface area contributed by atoms with Crippen molar-refractivity contribution in [2.45, 2.75) is 10.3 Å². The highest BCUT2D eigenvalue weighted by molar-refractivity contribution is 14.1. The molecular formula is C13H6I4O3. The molecule has 1 unspecified atom stereocenters. The number of ketones is 1. The average molecular weight is 718 g/mol. The molecule has 1 aromatic rings. The Hall–Kier alpha value is 0.890. The fourth-order valence-electron chi connectivity index (χ4n) is 2.15. The third kappa shape index (κ3) is 2.53. The molecule has 0 saturated heterocycles. The van der Waals surface area contributed by atoms with Gasteiger partial charge in [-0.3, -0.25) is 4.79 Å². The summed E-state index contributed by atoms with van der Waals surface area (Å²) < 4.78 is 7.94. The van der Waals surface area contributed by atoms with E-state index >= 15 is 0 Å². The maximum absolute atomic E-state index is 12.0. The number of hydrogen-bond donors (Lipinski definition) is 1. The molecule has 1 aromatic carbocycles. The van der Waals surface area contributed by atoms with Crippen LogP contribution in [0.25, 0.3) is 0 Å². The number of carbonyl (C=O) groups excluding carboxylic acids is 1. The van der Waals surface area contributed by atoms with E-state index in [4.69, 9.17) is 4.74 Å². The van der Waals surface area contributed by atoms with Crippen molar-refractivity contribution in [3.8, 4) is 11.5 Å². The summed E-state index contributed by atoms with van der Waals surface area (Å²) in [6.07, 6.45) is 2.64. The van der Waals surface area contributed by atoms with Gasteiger partial charge in [0.15, 0.2) is 5.78 Å². The normalized spacial score (nSPS) is 21.1. The lowest BCUT2D eigenvalue weighted by molar-refractivity contribution is -0.113. The average Bonchev–Trinajstić information content (AvgIpc) is 2.41. The van der Waals surface area contributed by atoms with E-state index in [9.17, 15) is 9.90 Å². The molecule has 3 rings (SSSR count). The summed E-state index contributed by atoms with van der Waals surface area (Å²) in [6.45, 7) is 0. The number of phenols is 1. The Morgan fingerprint density at radius 2 is 2.00 bits per heavy atom. The van der Waals surface area contributed by atoms with Crippen molar-refractivity contribution in [2.24, 2.45) is 0 Å². The molecule has 1 aliphatic heterocycles. The zero-order valence-corrected chi connectivity index (χ0v) is 18.3. The molecule has 7 heteroatoms. The third-order valence-corrected chi connectivity index (χ3v) is 6.93. The zero-order valence-electron chi connectivity index (χ0n) is 9.71. The zero-order chi connectivity index (χ0) is 14.6. The lowest BCUT2D eigenvalue weighted by Gasteiger charge is -2.28. The molecule has 0 aromatic heterocycles. The number of rotatable bonds is 0. The standard InChI is InChI=1S/C13H6I4O3/c14-6-2-4-1-5-3-7(15)11(19)9(17)13(5)20-12(4)8(16)10(6)18/h2-3,8,19H,1H2. The highest BCUT2D eigenvalue weighted by Crippen LogP contribution is 2.44. The highest BCUT2D eigenvalue weighted by Gasteiger charge is 2.35. The maximum Gasteiger partial charge on any atom is 0.189 e. The molecule has 0 amide bonds. The second-order valence-electron chi connectivity index (χ2n) is 4.40. The number of phenolic OH excluding ortho intramolecular Hbond substituents is 1. The van der Waals surface area contributed by atoms with Crippen molar-refractivity contribution >= 4 is 96.1 Å². The summed E-state index contributed by atoms with van der Waals surface area (Å²) in [5.41, 5.74) is 2.10. The van der Waals surface area contributed by atoms with E-state index in [-0.39, 0.29) is 15.5 Å². The predicted octanol–water partition coefficient (Wildman–Crippen LogP) is 4.50. The van der Waals surface area contributed by atoms with Crippen molar-refractivity contribution in [1.29, 1.82) is 0 Å². The second kappa shape index (κ2) is 5.83. The lowest BCUT2D eigenvalue weighted by Crippen LogP contribution is -2.28. The van der Waals surface area contributed by atoms with E-state index in [2.05, 4.69) is 90.4 Å². The SMILES string of the molecule is O=C1C(I)=CC2=C(Oc3c(cc(I)c(O)c3I)C2)C1I. The minimum Gasteiger partial charge on any atom is -0.506 e. The lowest BCUT2D eigenvalue weighted by atomic mass is 9.94. The molecule has 0 radical (unpaired) electrons. The van der Waals surface area contributed by atoms with Gasteiger partial charge in [0.1, 0.15) is 21.2 Å². The van der Waals surface area contributed by atoms with Crippen LogP contribution in [0.5, 0.6) is 11.5 Å². The van der Waals surface area contributed by atoms with Crippen LogP contribution in [0.3, 0.4) is 0 Å². The molecule has 1 heterocycles. The van der Waals surface area contributed by atoms with Crippen LogP contribution in [-0.4, -0.2) is 14.8 Å². The third-order valence-electron chi connectivity index (χ3n) is 3.13. The number of fused-ring (bicyclic) bond motifs is 1. The largest absolute Gasteiger partial charge is 0.506 e. The molecule has 104 valence electrons. The van der Waals surface area contributed by atoms with Gasteiger partial charge in [-0.05, 0) is 85.5 Å². The first-order valence-corrected chi connectivity index (χ1v) is 10.0. The van der Waals surface area contributed by atoms with Crippen LogP contribution in [0, 0.1) is 7.14 Å².